The standard InChI is InChI=1S/C33H63NO5/c1-5-8-9-10-11-12-15-18-21-29(28-37-33(36)30-24-26-34(4)27-25-30)22-19-16-13-14-17-20-23-32(35)39-38-31(6-2)7-3/h29-31H,5-28H2,1-4H3. The third-order valence-electron chi connectivity index (χ3n) is 8.41. The number of unbranched alkanes of at least 4 members (excludes halogenated alkanes) is 12. The first-order chi connectivity index (χ1) is 19.0. The van der Waals surface area contributed by atoms with Crippen LogP contribution >= 0.6 is 0 Å². The molecule has 0 aliphatic carbocycles. The minimum absolute atomic E-state index is 0.00567. The van der Waals surface area contributed by atoms with Gasteiger partial charge in [0.1, 0.15) is 6.10 Å². The molecule has 0 amide bonds. The molecule has 0 radical (unpaired) electrons. The van der Waals surface area contributed by atoms with E-state index in [4.69, 9.17) is 14.5 Å². The van der Waals surface area contributed by atoms with Crippen molar-refractivity contribution in [1.29, 1.82) is 0 Å². The zero-order valence-electron chi connectivity index (χ0n) is 26.2. The summed E-state index contributed by atoms with van der Waals surface area (Å²) in [6.45, 7) is 8.92. The van der Waals surface area contributed by atoms with Crippen LogP contribution in [0.4, 0.5) is 0 Å². The molecule has 0 N–H and O–H groups in total. The third kappa shape index (κ3) is 19.6. The van der Waals surface area contributed by atoms with Crippen molar-refractivity contribution < 1.29 is 24.1 Å². The van der Waals surface area contributed by atoms with Crippen LogP contribution < -0.4 is 0 Å². The molecule has 6 heteroatoms. The van der Waals surface area contributed by atoms with Crippen LogP contribution in [-0.4, -0.2) is 49.7 Å². The van der Waals surface area contributed by atoms with E-state index in [0.717, 1.165) is 64.5 Å². The Morgan fingerprint density at radius 2 is 1.26 bits per heavy atom. The van der Waals surface area contributed by atoms with Crippen LogP contribution in [0.25, 0.3) is 0 Å². The number of carbonyl (C=O) groups excluding carboxylic acids is 2. The van der Waals surface area contributed by atoms with Crippen LogP contribution in [0.5, 0.6) is 0 Å². The summed E-state index contributed by atoms with van der Waals surface area (Å²) in [7, 11) is 2.13. The van der Waals surface area contributed by atoms with Gasteiger partial charge in [0, 0.05) is 6.42 Å². The molecule has 1 saturated heterocycles. The molecule has 1 heterocycles. The number of carbonyl (C=O) groups is 2. The first-order valence-electron chi connectivity index (χ1n) is 16.7. The number of ether oxygens (including phenoxy) is 1. The fourth-order valence-electron chi connectivity index (χ4n) is 5.44. The molecule has 1 aliphatic rings. The molecular weight excluding hydrogens is 490 g/mol. The van der Waals surface area contributed by atoms with Gasteiger partial charge in [-0.1, -0.05) is 104 Å². The van der Waals surface area contributed by atoms with E-state index < -0.39 is 0 Å². The quantitative estimate of drug-likeness (QED) is 0.0487. The summed E-state index contributed by atoms with van der Waals surface area (Å²) in [4.78, 5) is 36.9. The number of esters is 1. The van der Waals surface area contributed by atoms with Crippen LogP contribution in [0.3, 0.4) is 0 Å². The van der Waals surface area contributed by atoms with E-state index in [0.29, 0.717) is 18.9 Å². The molecule has 1 unspecified atom stereocenters. The number of piperidine rings is 1. The molecule has 0 aromatic carbocycles. The van der Waals surface area contributed by atoms with Gasteiger partial charge in [-0.15, -0.1) is 0 Å². The second-order valence-electron chi connectivity index (χ2n) is 12.0. The molecule has 0 spiro atoms. The van der Waals surface area contributed by atoms with Crippen LogP contribution in [0.1, 0.15) is 156 Å². The highest BCUT2D eigenvalue weighted by Gasteiger charge is 2.25. The molecule has 1 rings (SSSR count). The molecule has 1 fully saturated rings. The molecular formula is C33H63NO5. The monoisotopic (exact) mass is 553 g/mol. The van der Waals surface area contributed by atoms with Gasteiger partial charge in [-0.25, -0.2) is 4.79 Å². The summed E-state index contributed by atoms with van der Waals surface area (Å²) >= 11 is 0. The Bertz CT molecular complexity index is 587. The second kappa shape index (κ2) is 24.6. The van der Waals surface area contributed by atoms with E-state index in [1.54, 1.807) is 0 Å². The van der Waals surface area contributed by atoms with Gasteiger partial charge in [0.2, 0.25) is 0 Å². The fraction of sp³-hybridized carbons (Fsp3) is 0.939. The van der Waals surface area contributed by atoms with Crippen molar-refractivity contribution >= 4 is 11.9 Å². The van der Waals surface area contributed by atoms with Crippen LogP contribution in [-0.2, 0) is 24.1 Å². The predicted molar refractivity (Wildman–Crippen MR) is 160 cm³/mol. The fourth-order valence-corrected chi connectivity index (χ4v) is 5.44. The Morgan fingerprint density at radius 1 is 0.744 bits per heavy atom. The van der Waals surface area contributed by atoms with Crippen molar-refractivity contribution in [2.45, 2.75) is 162 Å². The lowest BCUT2D eigenvalue weighted by Gasteiger charge is -2.28. The third-order valence-corrected chi connectivity index (χ3v) is 8.41. The Morgan fingerprint density at radius 3 is 1.79 bits per heavy atom. The number of nitrogens with zero attached hydrogens (tertiary/aromatic N) is 1. The first-order valence-corrected chi connectivity index (χ1v) is 16.7. The molecule has 1 atom stereocenters. The summed E-state index contributed by atoms with van der Waals surface area (Å²) in [5.74, 6) is 0.368. The maximum atomic E-state index is 12.7. The normalized spacial score (nSPS) is 15.5. The molecule has 0 bridgehead atoms. The van der Waals surface area contributed by atoms with E-state index in [2.05, 4.69) is 18.9 Å². The number of rotatable bonds is 25. The van der Waals surface area contributed by atoms with Crippen molar-refractivity contribution in [3.8, 4) is 0 Å². The minimum atomic E-state index is -0.250. The summed E-state index contributed by atoms with van der Waals surface area (Å²) in [5.41, 5.74) is 0. The highest BCUT2D eigenvalue weighted by molar-refractivity contribution is 5.72. The van der Waals surface area contributed by atoms with Gasteiger partial charge in [0.25, 0.3) is 0 Å². The number of hydrogen-bond acceptors (Lipinski definition) is 6. The Kier molecular flexibility index (Phi) is 22.7. The SMILES string of the molecule is CCCCCCCCCCC(CCCCCCCCC(=O)OOC(CC)CC)COC(=O)C1CCN(C)CC1. The lowest BCUT2D eigenvalue weighted by Crippen LogP contribution is -2.34. The highest BCUT2D eigenvalue weighted by atomic mass is 17.2. The largest absolute Gasteiger partial charge is 0.465 e. The average molecular weight is 554 g/mol. The summed E-state index contributed by atoms with van der Waals surface area (Å²) in [5, 5.41) is 0. The van der Waals surface area contributed by atoms with E-state index in [-0.39, 0.29) is 24.0 Å². The van der Waals surface area contributed by atoms with Gasteiger partial charge in [-0.05, 0) is 71.0 Å². The number of hydrogen-bond donors (Lipinski definition) is 0. The van der Waals surface area contributed by atoms with Crippen LogP contribution in [0.15, 0.2) is 0 Å². The van der Waals surface area contributed by atoms with E-state index in [9.17, 15) is 9.59 Å². The van der Waals surface area contributed by atoms with E-state index in [1.807, 2.05) is 13.8 Å². The molecule has 6 nitrogen and oxygen atoms in total. The van der Waals surface area contributed by atoms with Crippen molar-refractivity contribution in [2.75, 3.05) is 26.7 Å². The highest BCUT2D eigenvalue weighted by Crippen LogP contribution is 2.22. The van der Waals surface area contributed by atoms with Gasteiger partial charge in [-0.2, -0.15) is 4.89 Å². The van der Waals surface area contributed by atoms with Crippen molar-refractivity contribution in [2.24, 2.45) is 11.8 Å². The molecule has 39 heavy (non-hydrogen) atoms. The van der Waals surface area contributed by atoms with E-state index >= 15 is 0 Å². The van der Waals surface area contributed by atoms with Gasteiger partial charge < -0.3 is 9.64 Å². The van der Waals surface area contributed by atoms with Crippen molar-refractivity contribution in [1.82, 2.24) is 4.90 Å². The summed E-state index contributed by atoms with van der Waals surface area (Å²) in [6, 6.07) is 0. The van der Waals surface area contributed by atoms with Crippen LogP contribution in [0.2, 0.25) is 0 Å². The Balaban J connectivity index is 2.22. The van der Waals surface area contributed by atoms with Gasteiger partial charge in [0.05, 0.1) is 12.5 Å². The average Bonchev–Trinajstić information content (AvgIpc) is 2.94. The summed E-state index contributed by atoms with van der Waals surface area (Å²) < 4.78 is 5.87. The van der Waals surface area contributed by atoms with Crippen LogP contribution in [0, 0.1) is 11.8 Å². The maximum absolute atomic E-state index is 12.7. The smallest absolute Gasteiger partial charge is 0.342 e. The zero-order chi connectivity index (χ0) is 28.6. The second-order valence-corrected chi connectivity index (χ2v) is 12.0. The predicted octanol–water partition coefficient (Wildman–Crippen LogP) is 8.80. The molecule has 0 saturated carbocycles. The topological polar surface area (TPSA) is 65.1 Å². The van der Waals surface area contributed by atoms with Gasteiger partial charge >= 0.3 is 11.9 Å². The minimum Gasteiger partial charge on any atom is -0.465 e. The lowest BCUT2D eigenvalue weighted by molar-refractivity contribution is -0.298. The maximum Gasteiger partial charge on any atom is 0.342 e. The zero-order valence-corrected chi connectivity index (χ0v) is 26.2. The van der Waals surface area contributed by atoms with Gasteiger partial charge in [0.15, 0.2) is 0 Å². The van der Waals surface area contributed by atoms with Crippen molar-refractivity contribution in [3.05, 3.63) is 0 Å². The molecule has 230 valence electrons. The Labute approximate surface area is 241 Å². The van der Waals surface area contributed by atoms with Crippen molar-refractivity contribution in [3.63, 3.8) is 0 Å². The molecule has 1 aliphatic heterocycles. The lowest BCUT2D eigenvalue weighted by atomic mass is 9.94. The Hall–Kier alpha value is -1.14. The van der Waals surface area contributed by atoms with Gasteiger partial charge in [-0.3, -0.25) is 9.68 Å². The molecule has 0 aromatic heterocycles. The number of likely N-dealkylation sites (tertiary alicyclic amines) is 1. The van der Waals surface area contributed by atoms with E-state index in [1.165, 1.54) is 77.0 Å². The summed E-state index contributed by atoms with van der Waals surface area (Å²) in [6.07, 6.45) is 23.7. The molecule has 0 aromatic rings. The first kappa shape index (κ1) is 35.9.